The molecule has 13 nitrogen and oxygen atoms in total. The van der Waals surface area contributed by atoms with Crippen LogP contribution in [0.5, 0.6) is 0 Å². The van der Waals surface area contributed by atoms with Crippen molar-refractivity contribution in [2.24, 2.45) is 0 Å². The number of fused-ring (bicyclic) bond motifs is 1. The van der Waals surface area contributed by atoms with Crippen LogP contribution in [0.1, 0.15) is 61.1 Å². The molecule has 1 aromatic carbocycles. The second-order valence-corrected chi connectivity index (χ2v) is 11.5. The Morgan fingerprint density at radius 1 is 0.870 bits per heavy atom. The summed E-state index contributed by atoms with van der Waals surface area (Å²) in [7, 11) is 0. The van der Waals surface area contributed by atoms with E-state index in [2.05, 4.69) is 47.0 Å². The molecule has 4 N–H and O–H groups in total. The van der Waals surface area contributed by atoms with E-state index in [1.54, 1.807) is 16.9 Å². The van der Waals surface area contributed by atoms with Gasteiger partial charge in [0.2, 0.25) is 0 Å². The number of carbonyl (C=O) groups excluding carboxylic acids is 1. The SMILES string of the molecule is CC(C)(C)c1ccc(C(=O)Nc2cn3nc(N4CCCC4c4cccnc4)ccc3n2)cc1.FC(F)(F)C(F)(F)F.O=C(O)C(F)(F)F.O=CO.O=CO. The first-order chi connectivity index (χ1) is 24.9. The molecular formula is C32H33F9N6O7. The van der Waals surface area contributed by atoms with E-state index in [9.17, 15) is 44.3 Å². The lowest BCUT2D eigenvalue weighted by atomic mass is 9.87. The number of nitrogens with one attached hydrogen (secondary N) is 1. The van der Waals surface area contributed by atoms with E-state index in [1.807, 2.05) is 48.7 Å². The number of halogens is 9. The van der Waals surface area contributed by atoms with Gasteiger partial charge in [-0.25, -0.2) is 14.3 Å². The van der Waals surface area contributed by atoms with Gasteiger partial charge in [0.1, 0.15) is 5.82 Å². The van der Waals surface area contributed by atoms with Crippen LogP contribution in [0.3, 0.4) is 0 Å². The number of pyridine rings is 1. The second kappa shape index (κ2) is 19.8. The monoisotopic (exact) mass is 784 g/mol. The Hall–Kier alpha value is -5.96. The summed E-state index contributed by atoms with van der Waals surface area (Å²) in [4.78, 5) is 49.5. The van der Waals surface area contributed by atoms with E-state index in [4.69, 9.17) is 34.8 Å². The maximum Gasteiger partial charge on any atom is 0.490 e. The first-order valence-electron chi connectivity index (χ1n) is 14.9. The van der Waals surface area contributed by atoms with Crippen LogP contribution < -0.4 is 10.2 Å². The van der Waals surface area contributed by atoms with Crippen LogP contribution in [-0.4, -0.2) is 84.8 Å². The maximum atomic E-state index is 12.7. The van der Waals surface area contributed by atoms with Crippen molar-refractivity contribution in [3.63, 3.8) is 0 Å². The minimum Gasteiger partial charge on any atom is -0.483 e. The summed E-state index contributed by atoms with van der Waals surface area (Å²) in [5.41, 5.74) is 3.73. The lowest BCUT2D eigenvalue weighted by molar-refractivity contribution is -0.339. The summed E-state index contributed by atoms with van der Waals surface area (Å²) in [6.45, 7) is 6.91. The summed E-state index contributed by atoms with van der Waals surface area (Å²) in [6, 6.07) is 16.0. The molecule has 4 aromatic rings. The van der Waals surface area contributed by atoms with Crippen LogP contribution in [0.25, 0.3) is 5.65 Å². The maximum absolute atomic E-state index is 12.7. The van der Waals surface area contributed by atoms with Crippen molar-refractivity contribution in [3.8, 4) is 0 Å². The number of nitrogens with zero attached hydrogens (tertiary/aromatic N) is 5. The number of imidazole rings is 1. The summed E-state index contributed by atoms with van der Waals surface area (Å²) < 4.78 is 96.1. The Balaban J connectivity index is 0.000000572. The molecule has 4 heterocycles. The number of alkyl halides is 9. The van der Waals surface area contributed by atoms with E-state index < -0.39 is 24.5 Å². The molecule has 0 saturated carbocycles. The highest BCUT2D eigenvalue weighted by Crippen LogP contribution is 2.36. The molecule has 0 bridgehead atoms. The molecular weight excluding hydrogens is 751 g/mol. The number of carboxylic acids is 1. The van der Waals surface area contributed by atoms with Crippen molar-refractivity contribution in [1.29, 1.82) is 0 Å². The molecule has 1 aliphatic heterocycles. The molecule has 1 saturated heterocycles. The molecule has 296 valence electrons. The number of carbonyl (C=O) groups is 4. The van der Waals surface area contributed by atoms with Gasteiger partial charge < -0.3 is 25.5 Å². The molecule has 54 heavy (non-hydrogen) atoms. The largest absolute Gasteiger partial charge is 0.490 e. The summed E-state index contributed by atoms with van der Waals surface area (Å²) in [5.74, 6) is -1.57. The summed E-state index contributed by atoms with van der Waals surface area (Å²) in [5, 5.41) is 28.6. The van der Waals surface area contributed by atoms with Crippen LogP contribution >= 0.6 is 0 Å². The van der Waals surface area contributed by atoms with Gasteiger partial charge in [-0.3, -0.25) is 19.4 Å². The summed E-state index contributed by atoms with van der Waals surface area (Å²) in [6.07, 6.45) is -9.54. The number of benzene rings is 1. The average molecular weight is 785 g/mol. The van der Waals surface area contributed by atoms with Crippen molar-refractivity contribution in [1.82, 2.24) is 19.6 Å². The molecule has 0 radical (unpaired) electrons. The van der Waals surface area contributed by atoms with E-state index in [1.165, 1.54) is 11.1 Å². The Morgan fingerprint density at radius 3 is 1.85 bits per heavy atom. The topological polar surface area (TPSA) is 187 Å². The van der Waals surface area contributed by atoms with Crippen LogP contribution in [0.15, 0.2) is 67.1 Å². The molecule has 1 aliphatic rings. The predicted molar refractivity (Wildman–Crippen MR) is 173 cm³/mol. The molecule has 0 aliphatic carbocycles. The van der Waals surface area contributed by atoms with Crippen LogP contribution in [0, 0.1) is 0 Å². The van der Waals surface area contributed by atoms with Gasteiger partial charge in [0.05, 0.1) is 12.2 Å². The van der Waals surface area contributed by atoms with Gasteiger partial charge in [0.25, 0.3) is 18.9 Å². The zero-order valence-corrected chi connectivity index (χ0v) is 28.3. The Bertz CT molecular complexity index is 1780. The molecule has 1 atom stereocenters. The normalized spacial score (nSPS) is 14.0. The number of rotatable bonds is 4. The Labute approximate surface area is 300 Å². The van der Waals surface area contributed by atoms with Gasteiger partial charge in [-0.05, 0) is 59.7 Å². The van der Waals surface area contributed by atoms with E-state index >= 15 is 0 Å². The van der Waals surface area contributed by atoms with Gasteiger partial charge >= 0.3 is 24.5 Å². The minimum atomic E-state index is -6.06. The van der Waals surface area contributed by atoms with E-state index in [0.29, 0.717) is 17.0 Å². The fourth-order valence-corrected chi connectivity index (χ4v) is 4.36. The van der Waals surface area contributed by atoms with Gasteiger partial charge in [0.15, 0.2) is 11.5 Å². The zero-order valence-electron chi connectivity index (χ0n) is 28.3. The molecule has 3 aromatic heterocycles. The van der Waals surface area contributed by atoms with Crippen molar-refractivity contribution < 1.29 is 74.0 Å². The van der Waals surface area contributed by atoms with Crippen molar-refractivity contribution in [2.45, 2.75) is 63.6 Å². The third-order valence-electron chi connectivity index (χ3n) is 6.74. The highest BCUT2D eigenvalue weighted by Gasteiger charge is 2.58. The van der Waals surface area contributed by atoms with Crippen LogP contribution in [0.4, 0.5) is 51.1 Å². The predicted octanol–water partition coefficient (Wildman–Crippen LogP) is 7.16. The number of aromatic nitrogens is 4. The number of amides is 1. The fourth-order valence-electron chi connectivity index (χ4n) is 4.36. The van der Waals surface area contributed by atoms with Crippen LogP contribution in [-0.2, 0) is 19.8 Å². The lowest BCUT2D eigenvalue weighted by Gasteiger charge is -2.25. The second-order valence-electron chi connectivity index (χ2n) is 11.5. The Morgan fingerprint density at radius 2 is 1.41 bits per heavy atom. The van der Waals surface area contributed by atoms with Gasteiger partial charge in [0, 0.05) is 24.5 Å². The summed E-state index contributed by atoms with van der Waals surface area (Å²) >= 11 is 0. The number of hydrogen-bond donors (Lipinski definition) is 4. The lowest BCUT2D eigenvalue weighted by Crippen LogP contribution is -2.30. The smallest absolute Gasteiger partial charge is 0.483 e. The van der Waals surface area contributed by atoms with E-state index in [0.717, 1.165) is 25.2 Å². The number of anilines is 2. The number of aliphatic carboxylic acids is 1. The molecule has 1 fully saturated rings. The standard InChI is InChI=1S/C26H28N6O.C2F6.C2HF3O2.2CH2O2/c1-26(2,3)20-10-8-18(9-11-20)25(33)29-22-17-32-23(28-22)12-13-24(30-32)31-15-5-7-21(31)19-6-4-14-27-16-19;3-1(4,5)2(6,7)8;3-2(4,5)1(6)7;2*2-1-3/h4,6,8-14,16-17,21H,5,7,15H2,1-3H3,(H,29,33);;(H,6,7);2*1H,(H,2,3). The third-order valence-corrected chi connectivity index (χ3v) is 6.74. The van der Waals surface area contributed by atoms with Crippen molar-refractivity contribution >= 4 is 42.1 Å². The molecule has 0 spiro atoms. The number of hydrogen-bond acceptors (Lipinski definition) is 8. The first kappa shape index (κ1) is 46.1. The first-order valence-corrected chi connectivity index (χ1v) is 14.9. The number of carboxylic acid groups (broad SMARTS) is 3. The van der Waals surface area contributed by atoms with Gasteiger partial charge in [-0.2, -0.15) is 39.5 Å². The molecule has 22 heteroatoms. The quantitative estimate of drug-likeness (QED) is 0.121. The van der Waals surface area contributed by atoms with E-state index in [-0.39, 0.29) is 30.3 Å². The highest BCUT2D eigenvalue weighted by molar-refractivity contribution is 6.03. The molecule has 1 amide bonds. The zero-order chi connectivity index (χ0) is 41.5. The van der Waals surface area contributed by atoms with Crippen molar-refractivity contribution in [3.05, 3.63) is 83.8 Å². The fraction of sp³-hybridized carbons (Fsp3) is 0.344. The molecule has 5 rings (SSSR count). The van der Waals surface area contributed by atoms with Crippen LogP contribution in [0.2, 0.25) is 0 Å². The Kier molecular flexibility index (Phi) is 16.9. The highest BCUT2D eigenvalue weighted by atomic mass is 19.5. The average Bonchev–Trinajstić information content (AvgIpc) is 3.72. The minimum absolute atomic E-state index is 0.0470. The van der Waals surface area contributed by atoms with Crippen molar-refractivity contribution in [2.75, 3.05) is 16.8 Å². The van der Waals surface area contributed by atoms with Gasteiger partial charge in [-0.15, -0.1) is 5.10 Å². The van der Waals surface area contributed by atoms with Gasteiger partial charge in [-0.1, -0.05) is 39.0 Å². The third kappa shape index (κ3) is 14.6. The molecule has 1 unspecified atom stereocenters.